The average Bonchev–Trinajstić information content (AvgIpc) is 2.41. The third kappa shape index (κ3) is 3.48. The van der Waals surface area contributed by atoms with Crippen molar-refractivity contribution < 1.29 is 4.79 Å². The highest BCUT2D eigenvalue weighted by atomic mass is 16.2. The van der Waals surface area contributed by atoms with Gasteiger partial charge in [0, 0.05) is 25.2 Å². The smallest absolute Gasteiger partial charge is 0.227 e. The van der Waals surface area contributed by atoms with Gasteiger partial charge >= 0.3 is 0 Å². The van der Waals surface area contributed by atoms with Crippen LogP contribution in [0.5, 0.6) is 0 Å². The van der Waals surface area contributed by atoms with Crippen LogP contribution in [0.2, 0.25) is 0 Å². The van der Waals surface area contributed by atoms with Crippen LogP contribution < -0.4 is 5.73 Å². The lowest BCUT2D eigenvalue weighted by Crippen LogP contribution is -2.52. The molecule has 0 bridgehead atoms. The van der Waals surface area contributed by atoms with E-state index in [0.717, 1.165) is 32.4 Å². The van der Waals surface area contributed by atoms with Crippen LogP contribution in [0, 0.1) is 11.8 Å². The fourth-order valence-corrected chi connectivity index (χ4v) is 3.50. The van der Waals surface area contributed by atoms with Gasteiger partial charge in [0.25, 0.3) is 0 Å². The van der Waals surface area contributed by atoms with Crippen molar-refractivity contribution in [1.82, 2.24) is 9.80 Å². The Morgan fingerprint density at radius 2 is 2.00 bits per heavy atom. The molecule has 4 heteroatoms. The van der Waals surface area contributed by atoms with E-state index in [1.165, 1.54) is 12.8 Å². The Kier molecular flexibility index (Phi) is 4.85. The van der Waals surface area contributed by atoms with Crippen LogP contribution >= 0.6 is 0 Å². The van der Waals surface area contributed by atoms with E-state index in [1.807, 2.05) is 0 Å². The molecule has 1 aliphatic carbocycles. The van der Waals surface area contributed by atoms with E-state index < -0.39 is 0 Å². The molecule has 0 aromatic rings. The van der Waals surface area contributed by atoms with Gasteiger partial charge in [-0.1, -0.05) is 6.92 Å². The molecule has 1 aliphatic heterocycles. The number of nitrogens with zero attached hydrogens (tertiary/aromatic N) is 2. The summed E-state index contributed by atoms with van der Waals surface area (Å²) in [6.07, 6.45) is 5.47. The Labute approximate surface area is 117 Å². The molecule has 1 saturated carbocycles. The number of amides is 1. The van der Waals surface area contributed by atoms with Gasteiger partial charge in [-0.15, -0.1) is 0 Å². The maximum absolute atomic E-state index is 12.7. The summed E-state index contributed by atoms with van der Waals surface area (Å²) >= 11 is 0. The largest absolute Gasteiger partial charge is 0.341 e. The Morgan fingerprint density at radius 1 is 1.26 bits per heavy atom. The molecule has 1 heterocycles. The van der Waals surface area contributed by atoms with Gasteiger partial charge < -0.3 is 15.5 Å². The molecule has 0 aromatic heterocycles. The van der Waals surface area contributed by atoms with Crippen LogP contribution in [0.4, 0.5) is 0 Å². The van der Waals surface area contributed by atoms with Gasteiger partial charge in [-0.3, -0.25) is 4.79 Å². The molecule has 19 heavy (non-hydrogen) atoms. The Bertz CT molecular complexity index is 319. The first kappa shape index (κ1) is 14.8. The summed E-state index contributed by atoms with van der Waals surface area (Å²) in [5.41, 5.74) is 6.19. The number of rotatable bonds is 2. The second kappa shape index (κ2) is 6.23. The van der Waals surface area contributed by atoms with Crippen molar-refractivity contribution in [1.29, 1.82) is 0 Å². The molecule has 0 aromatic carbocycles. The van der Waals surface area contributed by atoms with Gasteiger partial charge in [0.1, 0.15) is 0 Å². The molecule has 110 valence electrons. The van der Waals surface area contributed by atoms with E-state index in [9.17, 15) is 4.79 Å². The van der Waals surface area contributed by atoms with E-state index in [1.54, 1.807) is 0 Å². The summed E-state index contributed by atoms with van der Waals surface area (Å²) in [6.45, 7) is 4.04. The SMILES string of the molecule is CC1CCC(N)C(C(=O)N2CCCC(N(C)C)C2)C1. The molecule has 2 fully saturated rings. The van der Waals surface area contributed by atoms with Gasteiger partial charge in [0.05, 0.1) is 5.92 Å². The highest BCUT2D eigenvalue weighted by molar-refractivity contribution is 5.80. The van der Waals surface area contributed by atoms with Crippen LogP contribution in [0.3, 0.4) is 0 Å². The zero-order valence-electron chi connectivity index (χ0n) is 12.6. The zero-order valence-corrected chi connectivity index (χ0v) is 12.6. The van der Waals surface area contributed by atoms with Crippen molar-refractivity contribution >= 4 is 5.91 Å². The van der Waals surface area contributed by atoms with Crippen molar-refractivity contribution in [2.75, 3.05) is 27.2 Å². The molecule has 1 amide bonds. The minimum absolute atomic E-state index is 0.0599. The van der Waals surface area contributed by atoms with Crippen LogP contribution in [0.15, 0.2) is 0 Å². The molecule has 4 atom stereocenters. The van der Waals surface area contributed by atoms with Crippen LogP contribution in [-0.4, -0.2) is 55.0 Å². The number of hydrogen-bond acceptors (Lipinski definition) is 3. The van der Waals surface area contributed by atoms with Gasteiger partial charge in [-0.25, -0.2) is 0 Å². The first-order chi connectivity index (χ1) is 8.99. The summed E-state index contributed by atoms with van der Waals surface area (Å²) in [5, 5.41) is 0. The number of hydrogen-bond donors (Lipinski definition) is 1. The molecular formula is C15H29N3O. The molecule has 2 aliphatic rings. The fourth-order valence-electron chi connectivity index (χ4n) is 3.50. The van der Waals surface area contributed by atoms with Crippen molar-refractivity contribution in [2.45, 2.75) is 51.1 Å². The summed E-state index contributed by atoms with van der Waals surface area (Å²) in [6, 6.07) is 0.582. The second-order valence-electron chi connectivity index (χ2n) is 6.73. The predicted molar refractivity (Wildman–Crippen MR) is 77.8 cm³/mol. The molecule has 1 saturated heterocycles. The average molecular weight is 267 g/mol. The first-order valence-corrected chi connectivity index (χ1v) is 7.69. The van der Waals surface area contributed by atoms with E-state index in [2.05, 4.69) is 30.8 Å². The van der Waals surface area contributed by atoms with Crippen molar-refractivity contribution in [2.24, 2.45) is 17.6 Å². The minimum Gasteiger partial charge on any atom is -0.341 e. The lowest BCUT2D eigenvalue weighted by atomic mass is 9.78. The third-order valence-corrected chi connectivity index (χ3v) is 4.92. The Hall–Kier alpha value is -0.610. The topological polar surface area (TPSA) is 49.6 Å². The zero-order chi connectivity index (χ0) is 14.0. The second-order valence-corrected chi connectivity index (χ2v) is 6.73. The van der Waals surface area contributed by atoms with Gasteiger partial charge in [0.15, 0.2) is 0 Å². The van der Waals surface area contributed by atoms with Crippen LogP contribution in [0.25, 0.3) is 0 Å². The van der Waals surface area contributed by atoms with Gasteiger partial charge in [-0.2, -0.15) is 0 Å². The standard InChI is InChI=1S/C15H29N3O/c1-11-6-7-14(16)13(9-11)15(19)18-8-4-5-12(10-18)17(2)3/h11-14H,4-10,16H2,1-3H3. The van der Waals surface area contributed by atoms with Gasteiger partial charge in [0.2, 0.25) is 5.91 Å². The van der Waals surface area contributed by atoms with Crippen LogP contribution in [0.1, 0.15) is 39.0 Å². The molecule has 0 spiro atoms. The molecule has 0 radical (unpaired) electrons. The third-order valence-electron chi connectivity index (χ3n) is 4.92. The lowest BCUT2D eigenvalue weighted by molar-refractivity contribution is -0.139. The van der Waals surface area contributed by atoms with Crippen LogP contribution in [-0.2, 0) is 4.79 Å². The van der Waals surface area contributed by atoms with Crippen molar-refractivity contribution in [3.05, 3.63) is 0 Å². The quantitative estimate of drug-likeness (QED) is 0.820. The summed E-state index contributed by atoms with van der Waals surface area (Å²) in [5.74, 6) is 1.01. The highest BCUT2D eigenvalue weighted by Gasteiger charge is 2.35. The summed E-state index contributed by atoms with van der Waals surface area (Å²) < 4.78 is 0. The lowest BCUT2D eigenvalue weighted by Gasteiger charge is -2.40. The number of carbonyl (C=O) groups is 1. The highest BCUT2D eigenvalue weighted by Crippen LogP contribution is 2.30. The first-order valence-electron chi connectivity index (χ1n) is 7.69. The maximum atomic E-state index is 12.7. The van der Waals surface area contributed by atoms with Gasteiger partial charge in [-0.05, 0) is 52.1 Å². The van der Waals surface area contributed by atoms with E-state index in [-0.39, 0.29) is 12.0 Å². The Morgan fingerprint density at radius 3 is 2.68 bits per heavy atom. The number of likely N-dealkylation sites (tertiary alicyclic amines) is 1. The number of nitrogens with two attached hydrogens (primary N) is 1. The Balaban J connectivity index is 1.98. The maximum Gasteiger partial charge on any atom is 0.227 e. The fraction of sp³-hybridized carbons (Fsp3) is 0.933. The normalized spacial score (nSPS) is 36.6. The molecule has 2 rings (SSSR count). The minimum atomic E-state index is 0.0599. The molecule has 4 nitrogen and oxygen atoms in total. The monoisotopic (exact) mass is 267 g/mol. The molecule has 2 N–H and O–H groups in total. The van der Waals surface area contributed by atoms with Crippen molar-refractivity contribution in [3.63, 3.8) is 0 Å². The predicted octanol–water partition coefficient (Wildman–Crippen LogP) is 1.30. The number of carbonyl (C=O) groups excluding carboxylic acids is 1. The summed E-state index contributed by atoms with van der Waals surface area (Å²) in [7, 11) is 4.21. The van der Waals surface area contributed by atoms with E-state index >= 15 is 0 Å². The molecular weight excluding hydrogens is 238 g/mol. The van der Waals surface area contributed by atoms with Crippen molar-refractivity contribution in [3.8, 4) is 0 Å². The van der Waals surface area contributed by atoms with E-state index in [0.29, 0.717) is 17.9 Å². The summed E-state index contributed by atoms with van der Waals surface area (Å²) in [4.78, 5) is 17.0. The number of likely N-dealkylation sites (N-methyl/N-ethyl adjacent to an activating group) is 1. The number of piperidine rings is 1. The van der Waals surface area contributed by atoms with E-state index in [4.69, 9.17) is 5.73 Å². The molecule has 4 unspecified atom stereocenters.